The topological polar surface area (TPSA) is 52.6 Å². The fourth-order valence-electron chi connectivity index (χ4n) is 2.78. The fourth-order valence-corrected chi connectivity index (χ4v) is 2.78. The molecule has 0 N–H and O–H groups in total. The Labute approximate surface area is 126 Å². The molecule has 0 saturated carbocycles. The van der Waals surface area contributed by atoms with Gasteiger partial charge >= 0.3 is 0 Å². The molecule has 2 heterocycles. The lowest BCUT2D eigenvalue weighted by molar-refractivity contribution is -0.114. The highest BCUT2D eigenvalue weighted by atomic mass is 16.5. The van der Waals surface area contributed by atoms with Crippen molar-refractivity contribution in [2.45, 2.75) is 57.7 Å². The Bertz CT molecular complexity index is 424. The van der Waals surface area contributed by atoms with Crippen molar-refractivity contribution >= 4 is 11.6 Å². The largest absolute Gasteiger partial charge is 0.374 e. The molecule has 2 aliphatic heterocycles. The number of rotatable bonds is 6. The second-order valence-corrected chi connectivity index (χ2v) is 5.74. The van der Waals surface area contributed by atoms with Crippen LogP contribution in [0, 0.1) is 0 Å². The van der Waals surface area contributed by atoms with Crippen molar-refractivity contribution < 1.29 is 19.1 Å². The second-order valence-electron chi connectivity index (χ2n) is 5.74. The van der Waals surface area contributed by atoms with Crippen LogP contribution in [0.1, 0.15) is 45.4 Å². The zero-order valence-electron chi connectivity index (χ0n) is 12.7. The third-order valence-electron chi connectivity index (χ3n) is 3.82. The molecule has 0 aliphatic carbocycles. The van der Waals surface area contributed by atoms with Gasteiger partial charge in [0, 0.05) is 19.6 Å². The number of carbonyl (C=O) groups is 2. The molecule has 2 saturated heterocycles. The molecule has 2 aliphatic rings. The summed E-state index contributed by atoms with van der Waals surface area (Å²) < 4.78 is 11.2. The smallest absolute Gasteiger partial charge is 0.159 e. The normalized spacial score (nSPS) is 27.2. The van der Waals surface area contributed by atoms with Gasteiger partial charge in [0.05, 0.1) is 12.2 Å². The first kappa shape index (κ1) is 16.1. The van der Waals surface area contributed by atoms with E-state index in [4.69, 9.17) is 9.47 Å². The van der Waals surface area contributed by atoms with Crippen molar-refractivity contribution in [1.29, 1.82) is 0 Å². The van der Waals surface area contributed by atoms with E-state index in [9.17, 15) is 9.59 Å². The summed E-state index contributed by atoms with van der Waals surface area (Å²) in [5.41, 5.74) is 0.805. The van der Waals surface area contributed by atoms with Crippen molar-refractivity contribution in [3.8, 4) is 0 Å². The summed E-state index contributed by atoms with van der Waals surface area (Å²) in [5, 5.41) is 0. The predicted octanol–water partition coefficient (Wildman–Crippen LogP) is 2.77. The summed E-state index contributed by atoms with van der Waals surface area (Å²) in [6, 6.07) is 0. The Kier molecular flexibility index (Phi) is 6.33. The molecule has 0 amide bonds. The molecule has 2 unspecified atom stereocenters. The summed E-state index contributed by atoms with van der Waals surface area (Å²) >= 11 is 0. The standard InChI is InChI=1S/C17H24O4/c1-13(18)11-14(17-6-4-10-21-17)12-15(19)7-8-16-5-2-3-9-20-16/h7-8,11,16-17H,2-6,9-10,12H2,1H3. The minimum absolute atomic E-state index is 0.00664. The van der Waals surface area contributed by atoms with Gasteiger partial charge in [-0.25, -0.2) is 0 Å². The van der Waals surface area contributed by atoms with Crippen LogP contribution >= 0.6 is 0 Å². The molecule has 0 spiro atoms. The number of carbonyl (C=O) groups excluding carboxylic acids is 2. The van der Waals surface area contributed by atoms with E-state index < -0.39 is 0 Å². The Morgan fingerprint density at radius 3 is 2.52 bits per heavy atom. The van der Waals surface area contributed by atoms with E-state index >= 15 is 0 Å². The maximum Gasteiger partial charge on any atom is 0.159 e. The number of allylic oxidation sites excluding steroid dienone is 2. The van der Waals surface area contributed by atoms with Crippen LogP contribution in [0.4, 0.5) is 0 Å². The summed E-state index contributed by atoms with van der Waals surface area (Å²) in [4.78, 5) is 23.4. The molecular formula is C17H24O4. The molecule has 2 atom stereocenters. The van der Waals surface area contributed by atoms with Gasteiger partial charge in [0.25, 0.3) is 0 Å². The molecule has 0 radical (unpaired) electrons. The average Bonchev–Trinajstić information content (AvgIpc) is 2.99. The van der Waals surface area contributed by atoms with Crippen LogP contribution in [0.2, 0.25) is 0 Å². The van der Waals surface area contributed by atoms with Gasteiger partial charge < -0.3 is 9.47 Å². The number of ether oxygens (including phenoxy) is 2. The highest BCUT2D eigenvalue weighted by Crippen LogP contribution is 2.23. The van der Waals surface area contributed by atoms with Gasteiger partial charge in [0.15, 0.2) is 11.6 Å². The molecule has 21 heavy (non-hydrogen) atoms. The van der Waals surface area contributed by atoms with Crippen LogP contribution in [0.5, 0.6) is 0 Å². The lowest BCUT2D eigenvalue weighted by Crippen LogP contribution is -2.17. The molecule has 0 aromatic heterocycles. The zero-order chi connectivity index (χ0) is 15.1. The van der Waals surface area contributed by atoms with Crippen LogP contribution in [-0.4, -0.2) is 37.0 Å². The van der Waals surface area contributed by atoms with Gasteiger partial charge in [0.1, 0.15) is 0 Å². The lowest BCUT2D eigenvalue weighted by Gasteiger charge is -2.19. The average molecular weight is 292 g/mol. The molecule has 0 aromatic rings. The molecule has 4 nitrogen and oxygen atoms in total. The quantitative estimate of drug-likeness (QED) is 0.706. The van der Waals surface area contributed by atoms with E-state index in [2.05, 4.69) is 0 Å². The Morgan fingerprint density at radius 1 is 1.10 bits per heavy atom. The van der Waals surface area contributed by atoms with E-state index in [1.54, 1.807) is 12.2 Å². The van der Waals surface area contributed by atoms with Gasteiger partial charge in [-0.3, -0.25) is 9.59 Å². The zero-order valence-corrected chi connectivity index (χ0v) is 12.7. The van der Waals surface area contributed by atoms with Crippen LogP contribution in [0.3, 0.4) is 0 Å². The molecule has 2 fully saturated rings. The first-order valence-electron chi connectivity index (χ1n) is 7.80. The molecule has 2 rings (SSSR count). The molecule has 4 heteroatoms. The molecule has 0 bridgehead atoms. The van der Waals surface area contributed by atoms with E-state index in [-0.39, 0.29) is 30.2 Å². The first-order chi connectivity index (χ1) is 10.1. The van der Waals surface area contributed by atoms with Crippen molar-refractivity contribution in [3.05, 3.63) is 23.8 Å². The summed E-state index contributed by atoms with van der Waals surface area (Å²) in [5.74, 6) is -0.0277. The van der Waals surface area contributed by atoms with Gasteiger partial charge in [-0.1, -0.05) is 6.08 Å². The van der Waals surface area contributed by atoms with Crippen LogP contribution in [0.25, 0.3) is 0 Å². The van der Waals surface area contributed by atoms with Crippen LogP contribution < -0.4 is 0 Å². The van der Waals surface area contributed by atoms with Crippen molar-refractivity contribution in [1.82, 2.24) is 0 Å². The third kappa shape index (κ3) is 5.56. The third-order valence-corrected chi connectivity index (χ3v) is 3.82. The fraction of sp³-hybridized carbons (Fsp3) is 0.647. The highest BCUT2D eigenvalue weighted by Gasteiger charge is 2.22. The Morgan fingerprint density at radius 2 is 1.90 bits per heavy atom. The monoisotopic (exact) mass is 292 g/mol. The van der Waals surface area contributed by atoms with Crippen molar-refractivity contribution in [2.75, 3.05) is 13.2 Å². The van der Waals surface area contributed by atoms with Gasteiger partial charge in [0.2, 0.25) is 0 Å². The summed E-state index contributed by atoms with van der Waals surface area (Å²) in [6.07, 6.45) is 10.3. The molecule has 0 aromatic carbocycles. The van der Waals surface area contributed by atoms with Crippen LogP contribution in [-0.2, 0) is 19.1 Å². The molecular weight excluding hydrogens is 268 g/mol. The number of hydrogen-bond acceptors (Lipinski definition) is 4. The van der Waals surface area contributed by atoms with E-state index in [0.717, 1.165) is 44.3 Å². The van der Waals surface area contributed by atoms with Gasteiger partial charge in [-0.2, -0.15) is 0 Å². The minimum atomic E-state index is -0.0721. The number of ketones is 2. The maximum atomic E-state index is 12.1. The minimum Gasteiger partial charge on any atom is -0.374 e. The highest BCUT2D eigenvalue weighted by molar-refractivity contribution is 5.94. The van der Waals surface area contributed by atoms with E-state index in [1.165, 1.54) is 6.92 Å². The summed E-state index contributed by atoms with van der Waals surface area (Å²) in [7, 11) is 0. The maximum absolute atomic E-state index is 12.1. The van der Waals surface area contributed by atoms with Crippen molar-refractivity contribution in [3.63, 3.8) is 0 Å². The SMILES string of the molecule is CC(=O)C=C(CC(=O)C=CC1CCCCO1)C1CCCO1. The van der Waals surface area contributed by atoms with E-state index in [1.807, 2.05) is 6.08 Å². The van der Waals surface area contributed by atoms with E-state index in [0.29, 0.717) is 6.61 Å². The predicted molar refractivity (Wildman–Crippen MR) is 80.1 cm³/mol. The molecule has 116 valence electrons. The van der Waals surface area contributed by atoms with Crippen molar-refractivity contribution in [2.24, 2.45) is 0 Å². The lowest BCUT2D eigenvalue weighted by atomic mass is 9.99. The van der Waals surface area contributed by atoms with Gasteiger partial charge in [-0.05, 0) is 56.8 Å². The Hall–Kier alpha value is -1.26. The van der Waals surface area contributed by atoms with Crippen LogP contribution in [0.15, 0.2) is 23.8 Å². The number of hydrogen-bond donors (Lipinski definition) is 0. The first-order valence-corrected chi connectivity index (χ1v) is 7.80. The van der Waals surface area contributed by atoms with Gasteiger partial charge in [-0.15, -0.1) is 0 Å². The summed E-state index contributed by atoms with van der Waals surface area (Å²) in [6.45, 7) is 2.99. The Balaban J connectivity index is 1.91. The second kappa shape index (κ2) is 8.25.